The van der Waals surface area contributed by atoms with Crippen molar-refractivity contribution in [3.63, 3.8) is 0 Å². The third-order valence-corrected chi connectivity index (χ3v) is 5.68. The number of aliphatic hydroxyl groups is 1. The van der Waals surface area contributed by atoms with Crippen LogP contribution in [0.3, 0.4) is 0 Å². The lowest BCUT2D eigenvalue weighted by Gasteiger charge is -2.38. The number of likely N-dealkylation sites (tertiary alicyclic amines) is 1. The number of amides is 2. The summed E-state index contributed by atoms with van der Waals surface area (Å²) in [5.74, 6) is 0.457. The fraction of sp³-hybridized carbons (Fsp3) is 0.765. The molecule has 130 valence electrons. The Morgan fingerprint density at radius 2 is 2.22 bits per heavy atom. The van der Waals surface area contributed by atoms with Crippen molar-refractivity contribution in [2.24, 2.45) is 5.92 Å². The molecule has 1 aliphatic rings. The van der Waals surface area contributed by atoms with Crippen LogP contribution in [0.25, 0.3) is 0 Å². The Morgan fingerprint density at radius 1 is 1.48 bits per heavy atom. The Labute approximate surface area is 143 Å². The first-order valence-electron chi connectivity index (χ1n) is 8.47. The quantitative estimate of drug-likeness (QED) is 0.837. The Hall–Kier alpha value is -1.14. The van der Waals surface area contributed by atoms with Crippen LogP contribution in [0.1, 0.15) is 48.7 Å². The van der Waals surface area contributed by atoms with E-state index in [1.807, 2.05) is 18.7 Å². The predicted molar refractivity (Wildman–Crippen MR) is 93.9 cm³/mol. The maximum atomic E-state index is 12.6. The number of aliphatic hydroxyl groups excluding tert-OH is 1. The molecule has 5 nitrogen and oxygen atoms in total. The Bertz CT molecular complexity index is 544. The molecule has 0 saturated carbocycles. The highest BCUT2D eigenvalue weighted by molar-refractivity contribution is 7.11. The van der Waals surface area contributed by atoms with Crippen molar-refractivity contribution in [2.75, 3.05) is 19.7 Å². The number of aryl methyl sites for hydroxylation is 2. The van der Waals surface area contributed by atoms with Crippen molar-refractivity contribution < 1.29 is 9.90 Å². The molecule has 1 aromatic rings. The Balaban J connectivity index is 1.92. The van der Waals surface area contributed by atoms with E-state index in [-0.39, 0.29) is 18.2 Å². The number of urea groups is 1. The van der Waals surface area contributed by atoms with Gasteiger partial charge in [0.25, 0.3) is 0 Å². The molecule has 0 unspecified atom stereocenters. The number of carbonyl (C=O) groups excluding carboxylic acids is 1. The summed E-state index contributed by atoms with van der Waals surface area (Å²) in [6.07, 6.45) is 3.52. The van der Waals surface area contributed by atoms with Gasteiger partial charge in [0.05, 0.1) is 22.8 Å². The van der Waals surface area contributed by atoms with Gasteiger partial charge >= 0.3 is 6.03 Å². The standard InChI is InChI=1S/C17H29N3O2S/c1-12(2)10-17(11-21)7-5-9-20(17)16(22)18-8-6-15-13(3)19-14(4)23-15/h12,21H,5-11H2,1-4H3,(H,18,22)/t17-/m0/s1. The van der Waals surface area contributed by atoms with Crippen LogP contribution in [0.4, 0.5) is 4.79 Å². The van der Waals surface area contributed by atoms with Crippen LogP contribution in [0.15, 0.2) is 0 Å². The van der Waals surface area contributed by atoms with Gasteiger partial charge in [0.2, 0.25) is 0 Å². The third kappa shape index (κ3) is 4.23. The average Bonchev–Trinajstić information content (AvgIpc) is 3.02. The summed E-state index contributed by atoms with van der Waals surface area (Å²) in [4.78, 5) is 20.1. The summed E-state index contributed by atoms with van der Waals surface area (Å²) in [7, 11) is 0. The number of hydrogen-bond acceptors (Lipinski definition) is 4. The first-order chi connectivity index (χ1) is 10.9. The number of carbonyl (C=O) groups is 1. The van der Waals surface area contributed by atoms with Gasteiger partial charge in [-0.2, -0.15) is 0 Å². The molecule has 0 bridgehead atoms. The summed E-state index contributed by atoms with van der Waals surface area (Å²) in [6.45, 7) is 9.69. The smallest absolute Gasteiger partial charge is 0.317 e. The number of rotatable bonds is 6. The SMILES string of the molecule is Cc1nc(C)c(CCNC(=O)N2CCC[C@@]2(CO)CC(C)C)s1. The largest absolute Gasteiger partial charge is 0.394 e. The molecular formula is C17H29N3O2S. The second kappa shape index (κ2) is 7.62. The lowest BCUT2D eigenvalue weighted by atomic mass is 9.87. The molecular weight excluding hydrogens is 310 g/mol. The van der Waals surface area contributed by atoms with E-state index in [9.17, 15) is 9.90 Å². The van der Waals surface area contributed by atoms with Crippen LogP contribution in [-0.2, 0) is 6.42 Å². The fourth-order valence-corrected chi connectivity index (χ4v) is 4.58. The van der Waals surface area contributed by atoms with Gasteiger partial charge in [0.15, 0.2) is 0 Å². The van der Waals surface area contributed by atoms with Crippen molar-refractivity contribution >= 4 is 17.4 Å². The lowest BCUT2D eigenvalue weighted by Crippen LogP contribution is -2.54. The number of thiazole rings is 1. The highest BCUT2D eigenvalue weighted by Gasteiger charge is 2.43. The van der Waals surface area contributed by atoms with E-state index in [1.54, 1.807) is 11.3 Å². The summed E-state index contributed by atoms with van der Waals surface area (Å²) < 4.78 is 0. The third-order valence-electron chi connectivity index (χ3n) is 4.55. The van der Waals surface area contributed by atoms with E-state index in [1.165, 1.54) is 4.88 Å². The molecule has 0 aliphatic carbocycles. The van der Waals surface area contributed by atoms with E-state index in [4.69, 9.17) is 0 Å². The fourth-order valence-electron chi connectivity index (χ4n) is 3.64. The van der Waals surface area contributed by atoms with Gasteiger partial charge in [-0.25, -0.2) is 9.78 Å². The summed E-state index contributed by atoms with van der Waals surface area (Å²) in [5, 5.41) is 14.0. The normalized spacial score (nSPS) is 21.2. The highest BCUT2D eigenvalue weighted by Crippen LogP contribution is 2.34. The molecule has 1 saturated heterocycles. The van der Waals surface area contributed by atoms with E-state index < -0.39 is 0 Å². The average molecular weight is 340 g/mol. The maximum Gasteiger partial charge on any atom is 0.317 e. The topological polar surface area (TPSA) is 65.5 Å². The number of nitrogens with one attached hydrogen (secondary N) is 1. The Kier molecular flexibility index (Phi) is 6.03. The van der Waals surface area contributed by atoms with Gasteiger partial charge in [-0.15, -0.1) is 11.3 Å². The van der Waals surface area contributed by atoms with Crippen molar-refractivity contribution in [1.82, 2.24) is 15.2 Å². The Morgan fingerprint density at radius 3 is 2.78 bits per heavy atom. The molecule has 6 heteroatoms. The summed E-state index contributed by atoms with van der Waals surface area (Å²) in [6, 6.07) is -0.0453. The van der Waals surface area contributed by atoms with Crippen molar-refractivity contribution in [3.8, 4) is 0 Å². The monoisotopic (exact) mass is 339 g/mol. The summed E-state index contributed by atoms with van der Waals surface area (Å²) >= 11 is 1.69. The zero-order valence-electron chi connectivity index (χ0n) is 14.7. The molecule has 2 rings (SSSR count). The van der Waals surface area contributed by atoms with Crippen LogP contribution < -0.4 is 5.32 Å². The van der Waals surface area contributed by atoms with Gasteiger partial charge in [-0.05, 0) is 39.0 Å². The van der Waals surface area contributed by atoms with Crippen LogP contribution in [0.2, 0.25) is 0 Å². The van der Waals surface area contributed by atoms with Crippen LogP contribution >= 0.6 is 11.3 Å². The molecule has 0 radical (unpaired) electrons. The molecule has 1 fully saturated rings. The molecule has 0 spiro atoms. The van der Waals surface area contributed by atoms with Crippen molar-refractivity contribution in [2.45, 2.75) is 58.9 Å². The number of nitrogens with zero attached hydrogens (tertiary/aromatic N) is 2. The number of hydrogen-bond donors (Lipinski definition) is 2. The van der Waals surface area contributed by atoms with Crippen LogP contribution in [-0.4, -0.2) is 46.3 Å². The zero-order valence-corrected chi connectivity index (χ0v) is 15.5. The van der Waals surface area contributed by atoms with Gasteiger partial charge in [-0.1, -0.05) is 13.8 Å². The first kappa shape index (κ1) is 18.2. The van der Waals surface area contributed by atoms with Crippen LogP contribution in [0, 0.1) is 19.8 Å². The second-order valence-electron chi connectivity index (χ2n) is 6.96. The van der Waals surface area contributed by atoms with Gasteiger partial charge in [-0.3, -0.25) is 0 Å². The van der Waals surface area contributed by atoms with Crippen molar-refractivity contribution in [1.29, 1.82) is 0 Å². The van der Waals surface area contributed by atoms with Crippen molar-refractivity contribution in [3.05, 3.63) is 15.6 Å². The molecule has 23 heavy (non-hydrogen) atoms. The van der Waals surface area contributed by atoms with Gasteiger partial charge in [0, 0.05) is 24.4 Å². The van der Waals surface area contributed by atoms with E-state index >= 15 is 0 Å². The van der Waals surface area contributed by atoms with E-state index in [2.05, 4.69) is 24.1 Å². The first-order valence-corrected chi connectivity index (χ1v) is 9.29. The zero-order chi connectivity index (χ0) is 17.0. The second-order valence-corrected chi connectivity index (χ2v) is 8.25. The number of aromatic nitrogens is 1. The van der Waals surface area contributed by atoms with Gasteiger partial charge in [0.1, 0.15) is 0 Å². The summed E-state index contributed by atoms with van der Waals surface area (Å²) in [5.41, 5.74) is 0.683. The molecule has 2 N–H and O–H groups in total. The van der Waals surface area contributed by atoms with E-state index in [0.29, 0.717) is 12.5 Å². The minimum absolute atomic E-state index is 0.0453. The minimum atomic E-state index is -0.380. The molecule has 1 aliphatic heterocycles. The maximum absolute atomic E-state index is 12.6. The molecule has 2 amide bonds. The van der Waals surface area contributed by atoms with Crippen LogP contribution in [0.5, 0.6) is 0 Å². The lowest BCUT2D eigenvalue weighted by molar-refractivity contribution is 0.0678. The molecule has 0 aromatic carbocycles. The molecule has 2 heterocycles. The highest BCUT2D eigenvalue weighted by atomic mass is 32.1. The van der Waals surface area contributed by atoms with Gasteiger partial charge < -0.3 is 15.3 Å². The minimum Gasteiger partial charge on any atom is -0.394 e. The predicted octanol–water partition coefficient (Wildman–Crippen LogP) is 2.89. The van der Waals surface area contributed by atoms with E-state index in [0.717, 1.165) is 42.9 Å². The molecule has 1 atom stereocenters. The molecule has 1 aromatic heterocycles.